The molecule has 0 aromatic rings. The Morgan fingerprint density at radius 3 is 2.60 bits per heavy atom. The van der Waals surface area contributed by atoms with Gasteiger partial charge in [0.25, 0.3) is 0 Å². The van der Waals surface area contributed by atoms with Crippen LogP contribution in [0.3, 0.4) is 0 Å². The van der Waals surface area contributed by atoms with Crippen molar-refractivity contribution in [2.45, 2.75) is 90.6 Å². The van der Waals surface area contributed by atoms with Crippen LogP contribution in [0, 0.1) is 40.4 Å². The molecule has 4 fully saturated rings. The molecule has 25 heavy (non-hydrogen) atoms. The zero-order valence-corrected chi connectivity index (χ0v) is 16.7. The second kappa shape index (κ2) is 6.00. The van der Waals surface area contributed by atoms with Gasteiger partial charge < -0.3 is 5.11 Å². The van der Waals surface area contributed by atoms with Gasteiger partial charge in [0.05, 0.1) is 5.60 Å². The van der Waals surface area contributed by atoms with Gasteiger partial charge in [-0.25, -0.2) is 0 Å². The average molecular weight is 343 g/mol. The number of hydrogen-bond donors (Lipinski definition) is 1. The van der Waals surface area contributed by atoms with E-state index in [4.69, 9.17) is 0 Å². The molecule has 0 amide bonds. The second-order valence-corrected chi connectivity index (χ2v) is 10.5. The van der Waals surface area contributed by atoms with E-state index in [1.807, 2.05) is 6.08 Å². The molecule has 0 bridgehead atoms. The van der Waals surface area contributed by atoms with Crippen molar-refractivity contribution in [3.05, 3.63) is 18.4 Å². The van der Waals surface area contributed by atoms with Crippen molar-refractivity contribution in [3.63, 3.8) is 0 Å². The molecule has 2 unspecified atom stereocenters. The van der Waals surface area contributed by atoms with Crippen LogP contribution in [-0.4, -0.2) is 10.7 Å². The molecule has 0 saturated heterocycles. The standard InChI is InChI=1S/C24H38O/c1-5-14-24(25)16-23(4)17(6-2)11-13-20(23)19-12-10-18-9-7-8-15-22(18,3)21(19)24/h14,17-21,25H,1,6-13,15-16H2,2-4H3/t17-,18?,19-,20-,21-,22-,23+,24?/m0/s1. The summed E-state index contributed by atoms with van der Waals surface area (Å²) < 4.78 is 0. The highest BCUT2D eigenvalue weighted by Gasteiger charge is 2.66. The third kappa shape index (κ3) is 2.38. The van der Waals surface area contributed by atoms with Crippen LogP contribution in [-0.2, 0) is 0 Å². The molecule has 4 saturated carbocycles. The van der Waals surface area contributed by atoms with E-state index in [-0.39, 0.29) is 0 Å². The van der Waals surface area contributed by atoms with Gasteiger partial charge in [0.1, 0.15) is 0 Å². The third-order valence-electron chi connectivity index (χ3n) is 9.61. The molecule has 0 aliphatic heterocycles. The van der Waals surface area contributed by atoms with Gasteiger partial charge >= 0.3 is 0 Å². The van der Waals surface area contributed by atoms with Crippen LogP contribution >= 0.6 is 0 Å². The number of rotatable bonds is 2. The van der Waals surface area contributed by atoms with E-state index in [0.717, 1.165) is 24.2 Å². The van der Waals surface area contributed by atoms with Gasteiger partial charge in [0.2, 0.25) is 0 Å². The van der Waals surface area contributed by atoms with Gasteiger partial charge in [0.15, 0.2) is 0 Å². The van der Waals surface area contributed by atoms with Crippen LogP contribution in [0.15, 0.2) is 18.4 Å². The lowest BCUT2D eigenvalue weighted by Crippen LogP contribution is -2.63. The molecule has 4 aliphatic carbocycles. The van der Waals surface area contributed by atoms with E-state index in [2.05, 4.69) is 33.1 Å². The Morgan fingerprint density at radius 2 is 1.88 bits per heavy atom. The van der Waals surface area contributed by atoms with Crippen molar-refractivity contribution in [3.8, 4) is 0 Å². The summed E-state index contributed by atoms with van der Waals surface area (Å²) in [5.41, 5.74) is 2.95. The van der Waals surface area contributed by atoms with E-state index < -0.39 is 5.60 Å². The molecule has 1 heteroatoms. The lowest BCUT2D eigenvalue weighted by atomic mass is 9.41. The Hall–Kier alpha value is -0.520. The maximum absolute atomic E-state index is 12.0. The molecule has 4 rings (SSSR count). The quantitative estimate of drug-likeness (QED) is 0.599. The lowest BCUT2D eigenvalue weighted by molar-refractivity contribution is -0.201. The van der Waals surface area contributed by atoms with Crippen LogP contribution in [0.5, 0.6) is 0 Å². The van der Waals surface area contributed by atoms with Gasteiger partial charge in [-0.1, -0.05) is 46.6 Å². The predicted octanol–water partition coefficient (Wildman–Crippen LogP) is 6.13. The first-order valence-corrected chi connectivity index (χ1v) is 11.0. The zero-order chi connectivity index (χ0) is 17.9. The predicted molar refractivity (Wildman–Crippen MR) is 104 cm³/mol. The summed E-state index contributed by atoms with van der Waals surface area (Å²) in [5.74, 6) is 3.53. The van der Waals surface area contributed by atoms with E-state index in [9.17, 15) is 5.11 Å². The molecular formula is C24H38O. The van der Waals surface area contributed by atoms with Crippen molar-refractivity contribution >= 4 is 0 Å². The molecule has 0 aromatic heterocycles. The van der Waals surface area contributed by atoms with Crippen molar-refractivity contribution in [2.24, 2.45) is 40.4 Å². The number of fused-ring (bicyclic) bond motifs is 5. The van der Waals surface area contributed by atoms with E-state index in [0.29, 0.717) is 22.7 Å². The van der Waals surface area contributed by atoms with E-state index in [1.54, 1.807) is 0 Å². The van der Waals surface area contributed by atoms with Crippen molar-refractivity contribution in [1.82, 2.24) is 0 Å². The molecule has 0 heterocycles. The molecule has 1 N–H and O–H groups in total. The van der Waals surface area contributed by atoms with Crippen molar-refractivity contribution < 1.29 is 5.11 Å². The first-order valence-electron chi connectivity index (χ1n) is 11.0. The lowest BCUT2D eigenvalue weighted by Gasteiger charge is -2.65. The summed E-state index contributed by atoms with van der Waals surface area (Å²) >= 11 is 0. The van der Waals surface area contributed by atoms with Crippen molar-refractivity contribution in [2.75, 3.05) is 0 Å². The molecular weight excluding hydrogens is 304 g/mol. The Balaban J connectivity index is 1.81. The van der Waals surface area contributed by atoms with E-state index >= 15 is 0 Å². The summed E-state index contributed by atoms with van der Waals surface area (Å²) in [7, 11) is 0. The highest BCUT2D eigenvalue weighted by Crippen LogP contribution is 2.70. The fourth-order valence-corrected chi connectivity index (χ4v) is 8.77. The first-order chi connectivity index (χ1) is 11.9. The molecule has 4 aliphatic rings. The monoisotopic (exact) mass is 342 g/mol. The summed E-state index contributed by atoms with van der Waals surface area (Å²) in [6.07, 6.45) is 15.1. The van der Waals surface area contributed by atoms with Crippen LogP contribution < -0.4 is 0 Å². The maximum Gasteiger partial charge on any atom is 0.0942 e. The summed E-state index contributed by atoms with van der Waals surface area (Å²) in [6.45, 7) is 11.3. The van der Waals surface area contributed by atoms with Gasteiger partial charge in [-0.15, -0.1) is 5.73 Å². The number of aliphatic hydroxyl groups is 1. The molecule has 140 valence electrons. The zero-order valence-electron chi connectivity index (χ0n) is 16.7. The molecule has 0 spiro atoms. The Labute approximate surface area is 155 Å². The van der Waals surface area contributed by atoms with Crippen LogP contribution in [0.2, 0.25) is 0 Å². The minimum atomic E-state index is -0.694. The Bertz CT molecular complexity index is 575. The first kappa shape index (κ1) is 17.9. The fraction of sp³-hybridized carbons (Fsp3) is 0.875. The summed E-state index contributed by atoms with van der Waals surface area (Å²) in [5, 5.41) is 12.0. The fourth-order valence-electron chi connectivity index (χ4n) is 8.77. The van der Waals surface area contributed by atoms with Gasteiger partial charge in [0, 0.05) is 5.92 Å². The summed E-state index contributed by atoms with van der Waals surface area (Å²) in [4.78, 5) is 0. The van der Waals surface area contributed by atoms with E-state index in [1.165, 1.54) is 57.8 Å². The second-order valence-electron chi connectivity index (χ2n) is 10.5. The molecule has 0 radical (unpaired) electrons. The highest BCUT2D eigenvalue weighted by molar-refractivity contribution is 5.20. The van der Waals surface area contributed by atoms with Crippen LogP contribution in [0.1, 0.15) is 85.0 Å². The third-order valence-corrected chi connectivity index (χ3v) is 9.61. The van der Waals surface area contributed by atoms with Gasteiger partial charge in [-0.05, 0) is 85.5 Å². The Kier molecular flexibility index (Phi) is 4.29. The SMILES string of the molecule is C=C=CC1(O)C[C@]2(C)[C@@H](CC)CC[C@H]2[C@@H]2CCC3CCCC[C@]3(C)[C@H]21. The minimum Gasteiger partial charge on any atom is -0.385 e. The normalized spacial score (nSPS) is 54.8. The molecule has 0 aromatic carbocycles. The van der Waals surface area contributed by atoms with Crippen LogP contribution in [0.25, 0.3) is 0 Å². The van der Waals surface area contributed by atoms with Gasteiger partial charge in [-0.3, -0.25) is 0 Å². The highest BCUT2D eigenvalue weighted by atomic mass is 16.3. The Morgan fingerprint density at radius 1 is 1.08 bits per heavy atom. The number of hydrogen-bond acceptors (Lipinski definition) is 1. The molecule has 8 atom stereocenters. The van der Waals surface area contributed by atoms with Crippen molar-refractivity contribution in [1.29, 1.82) is 0 Å². The largest absolute Gasteiger partial charge is 0.385 e. The average Bonchev–Trinajstić information content (AvgIpc) is 2.89. The topological polar surface area (TPSA) is 20.2 Å². The minimum absolute atomic E-state index is 0.301. The van der Waals surface area contributed by atoms with Gasteiger partial charge in [-0.2, -0.15) is 0 Å². The maximum atomic E-state index is 12.0. The molecule has 1 nitrogen and oxygen atoms in total. The smallest absolute Gasteiger partial charge is 0.0942 e. The van der Waals surface area contributed by atoms with Crippen LogP contribution in [0.4, 0.5) is 0 Å². The summed E-state index contributed by atoms with van der Waals surface area (Å²) in [6, 6.07) is 0.